The van der Waals surface area contributed by atoms with E-state index in [2.05, 4.69) is 4.42 Å². The van der Waals surface area contributed by atoms with E-state index in [9.17, 15) is 18.0 Å². The van der Waals surface area contributed by atoms with Gasteiger partial charge in [0.2, 0.25) is 0 Å². The van der Waals surface area contributed by atoms with E-state index in [4.69, 9.17) is 0 Å². The highest BCUT2D eigenvalue weighted by molar-refractivity contribution is 5.78. The van der Waals surface area contributed by atoms with E-state index in [1.807, 2.05) is 0 Å². The van der Waals surface area contributed by atoms with Crippen LogP contribution < -0.4 is 5.63 Å². The van der Waals surface area contributed by atoms with Crippen LogP contribution in [0.4, 0.5) is 13.2 Å². The molecule has 1 aromatic heterocycles. The quantitative estimate of drug-likeness (QED) is 0.631. The zero-order valence-electron chi connectivity index (χ0n) is 7.61. The molecule has 0 bridgehead atoms. The molecule has 15 heavy (non-hydrogen) atoms. The Kier molecular flexibility index (Phi) is 2.03. The average Bonchev–Trinajstić information content (AvgIpc) is 2.20. The Morgan fingerprint density at radius 1 is 1.13 bits per heavy atom. The number of fused-ring (bicyclic) bond motifs is 1. The van der Waals surface area contributed by atoms with Crippen molar-refractivity contribution in [1.29, 1.82) is 0 Å². The van der Waals surface area contributed by atoms with E-state index in [1.165, 1.54) is 0 Å². The molecule has 1 heterocycles. The molecular formula is C10H5F3O2. The molecule has 1 aromatic carbocycles. The van der Waals surface area contributed by atoms with Gasteiger partial charge in [0.05, 0.1) is 10.9 Å². The molecule has 0 aliphatic carbocycles. The number of hydrogen-bond acceptors (Lipinski definition) is 2. The van der Waals surface area contributed by atoms with Gasteiger partial charge in [-0.1, -0.05) is 0 Å². The van der Waals surface area contributed by atoms with E-state index >= 15 is 0 Å². The van der Waals surface area contributed by atoms with Gasteiger partial charge in [0.1, 0.15) is 11.4 Å². The Bertz CT molecular complexity index is 602. The molecular weight excluding hydrogens is 209 g/mol. The molecule has 0 saturated heterocycles. The minimum Gasteiger partial charge on any atom is -0.422 e. The van der Waals surface area contributed by atoms with Gasteiger partial charge in [0, 0.05) is 0 Å². The fraction of sp³-hybridized carbons (Fsp3) is 0.100. The van der Waals surface area contributed by atoms with Crippen LogP contribution in [0.5, 0.6) is 0 Å². The SMILES string of the molecule is Cc1c(F)c2c(F)c(F)ccc2oc1=O. The molecule has 2 aromatic rings. The van der Waals surface area contributed by atoms with Crippen molar-refractivity contribution in [1.82, 2.24) is 0 Å². The van der Waals surface area contributed by atoms with Crippen LogP contribution in [0.2, 0.25) is 0 Å². The third kappa shape index (κ3) is 1.31. The summed E-state index contributed by atoms with van der Waals surface area (Å²) >= 11 is 0. The van der Waals surface area contributed by atoms with Crippen LogP contribution in [0.1, 0.15) is 5.56 Å². The fourth-order valence-electron chi connectivity index (χ4n) is 1.28. The standard InChI is InChI=1S/C10H5F3O2/c1-4-8(12)7-6(15-10(4)14)3-2-5(11)9(7)13/h2-3H,1H3. The number of hydrogen-bond donors (Lipinski definition) is 0. The molecule has 0 atom stereocenters. The minimum atomic E-state index is -1.35. The summed E-state index contributed by atoms with van der Waals surface area (Å²) in [6, 6.07) is 1.78. The third-order valence-electron chi connectivity index (χ3n) is 2.11. The molecule has 2 nitrogen and oxygen atoms in total. The third-order valence-corrected chi connectivity index (χ3v) is 2.11. The van der Waals surface area contributed by atoms with Crippen LogP contribution in [0.15, 0.2) is 21.3 Å². The molecule has 0 amide bonds. The summed E-state index contributed by atoms with van der Waals surface area (Å²) in [6.45, 7) is 1.14. The van der Waals surface area contributed by atoms with Gasteiger partial charge in [-0.15, -0.1) is 0 Å². The van der Waals surface area contributed by atoms with Crippen LogP contribution in [-0.2, 0) is 0 Å². The summed E-state index contributed by atoms with van der Waals surface area (Å²) < 4.78 is 44.0. The Labute approximate surface area is 81.9 Å². The van der Waals surface area contributed by atoms with Crippen molar-refractivity contribution in [2.45, 2.75) is 6.92 Å². The lowest BCUT2D eigenvalue weighted by Crippen LogP contribution is -2.07. The molecule has 0 aliphatic rings. The molecule has 0 fully saturated rings. The topological polar surface area (TPSA) is 30.2 Å². The first-order chi connectivity index (χ1) is 7.02. The smallest absolute Gasteiger partial charge is 0.342 e. The second-order valence-corrected chi connectivity index (χ2v) is 3.06. The number of benzene rings is 1. The average molecular weight is 214 g/mol. The van der Waals surface area contributed by atoms with Crippen LogP contribution in [0.3, 0.4) is 0 Å². The summed E-state index contributed by atoms with van der Waals surface area (Å²) in [6.07, 6.45) is 0. The Morgan fingerprint density at radius 3 is 2.47 bits per heavy atom. The summed E-state index contributed by atoms with van der Waals surface area (Å²) in [4.78, 5) is 11.0. The van der Waals surface area contributed by atoms with Gasteiger partial charge in [-0.25, -0.2) is 18.0 Å². The maximum atomic E-state index is 13.4. The molecule has 5 heteroatoms. The lowest BCUT2D eigenvalue weighted by atomic mass is 10.1. The Hall–Kier alpha value is -1.78. The highest BCUT2D eigenvalue weighted by Crippen LogP contribution is 2.23. The summed E-state index contributed by atoms with van der Waals surface area (Å²) in [5, 5.41) is -0.632. The Balaban J connectivity index is 3.07. The molecule has 0 N–H and O–H groups in total. The number of rotatable bonds is 0. The van der Waals surface area contributed by atoms with Gasteiger partial charge in [-0.2, -0.15) is 0 Å². The second-order valence-electron chi connectivity index (χ2n) is 3.06. The van der Waals surface area contributed by atoms with Gasteiger partial charge < -0.3 is 4.42 Å². The lowest BCUT2D eigenvalue weighted by Gasteiger charge is -2.02. The number of halogens is 3. The molecule has 0 aliphatic heterocycles. The van der Waals surface area contributed by atoms with Gasteiger partial charge in [0.15, 0.2) is 11.6 Å². The monoisotopic (exact) mass is 214 g/mol. The van der Waals surface area contributed by atoms with Gasteiger partial charge in [0.25, 0.3) is 0 Å². The predicted octanol–water partition coefficient (Wildman–Crippen LogP) is 2.52. The van der Waals surface area contributed by atoms with Gasteiger partial charge in [-0.3, -0.25) is 0 Å². The summed E-state index contributed by atoms with van der Waals surface area (Å²) in [5.74, 6) is -3.62. The maximum Gasteiger partial charge on any atom is 0.342 e. The van der Waals surface area contributed by atoms with E-state index in [0.29, 0.717) is 0 Å². The van der Waals surface area contributed by atoms with Crippen molar-refractivity contribution in [2.24, 2.45) is 0 Å². The van der Waals surface area contributed by atoms with Crippen molar-refractivity contribution >= 4 is 11.0 Å². The van der Waals surface area contributed by atoms with E-state index < -0.39 is 28.5 Å². The van der Waals surface area contributed by atoms with Crippen LogP contribution in [0.25, 0.3) is 11.0 Å². The molecule has 0 saturated carbocycles. The summed E-state index contributed by atoms with van der Waals surface area (Å²) in [7, 11) is 0. The van der Waals surface area contributed by atoms with E-state index in [1.54, 1.807) is 0 Å². The highest BCUT2D eigenvalue weighted by atomic mass is 19.2. The highest BCUT2D eigenvalue weighted by Gasteiger charge is 2.17. The normalized spacial score (nSPS) is 10.9. The first-order valence-electron chi connectivity index (χ1n) is 4.09. The van der Waals surface area contributed by atoms with E-state index in [-0.39, 0.29) is 11.1 Å². The maximum absolute atomic E-state index is 13.4. The molecule has 0 unspecified atom stereocenters. The predicted molar refractivity (Wildman–Crippen MR) is 47.1 cm³/mol. The zero-order chi connectivity index (χ0) is 11.2. The van der Waals surface area contributed by atoms with E-state index in [0.717, 1.165) is 19.1 Å². The van der Waals surface area contributed by atoms with Gasteiger partial charge >= 0.3 is 5.63 Å². The van der Waals surface area contributed by atoms with Crippen molar-refractivity contribution in [3.63, 3.8) is 0 Å². The summed E-state index contributed by atoms with van der Waals surface area (Å²) in [5.41, 5.74) is -1.57. The van der Waals surface area contributed by atoms with Crippen molar-refractivity contribution in [3.05, 3.63) is 45.6 Å². The minimum absolute atomic E-state index is 0.304. The molecule has 0 radical (unpaired) electrons. The Morgan fingerprint density at radius 2 is 1.80 bits per heavy atom. The van der Waals surface area contributed by atoms with Crippen LogP contribution in [0, 0.1) is 24.4 Å². The first kappa shape index (κ1) is 9.76. The van der Waals surface area contributed by atoms with Crippen LogP contribution >= 0.6 is 0 Å². The second kappa shape index (κ2) is 3.12. The molecule has 2 rings (SSSR count). The zero-order valence-corrected chi connectivity index (χ0v) is 7.61. The molecule has 0 spiro atoms. The van der Waals surface area contributed by atoms with Gasteiger partial charge in [-0.05, 0) is 19.1 Å². The first-order valence-corrected chi connectivity index (χ1v) is 4.09. The molecule has 78 valence electrons. The fourth-order valence-corrected chi connectivity index (χ4v) is 1.28. The van der Waals surface area contributed by atoms with Crippen LogP contribution in [-0.4, -0.2) is 0 Å². The van der Waals surface area contributed by atoms with Crippen molar-refractivity contribution in [2.75, 3.05) is 0 Å². The largest absolute Gasteiger partial charge is 0.422 e. The van der Waals surface area contributed by atoms with Crippen molar-refractivity contribution < 1.29 is 17.6 Å². The van der Waals surface area contributed by atoms with Crippen molar-refractivity contribution in [3.8, 4) is 0 Å². The lowest BCUT2D eigenvalue weighted by molar-refractivity contribution is 0.492.